The van der Waals surface area contributed by atoms with Crippen LogP contribution in [0.2, 0.25) is 0 Å². The van der Waals surface area contributed by atoms with Crippen molar-refractivity contribution in [2.75, 3.05) is 26.9 Å². The second-order valence-electron chi connectivity index (χ2n) is 3.84. The van der Waals surface area contributed by atoms with E-state index < -0.39 is 0 Å². The van der Waals surface area contributed by atoms with Gasteiger partial charge in [-0.1, -0.05) is 13.3 Å². The van der Waals surface area contributed by atoms with Gasteiger partial charge in [-0.05, 0) is 12.8 Å². The van der Waals surface area contributed by atoms with E-state index in [1.165, 1.54) is 0 Å². The van der Waals surface area contributed by atoms with E-state index in [0.717, 1.165) is 25.9 Å². The molecule has 0 aliphatic heterocycles. The number of hydrogen-bond acceptors (Lipinski definition) is 3. The molecule has 1 rings (SSSR count). The van der Waals surface area contributed by atoms with Gasteiger partial charge in [-0.15, -0.1) is 11.6 Å². The Morgan fingerprint density at radius 1 is 1.20 bits per heavy atom. The van der Waals surface area contributed by atoms with Gasteiger partial charge in [-0.3, -0.25) is 0 Å². The minimum Gasteiger partial charge on any atom is -0.382 e. The van der Waals surface area contributed by atoms with Gasteiger partial charge >= 0.3 is 0 Å². The summed E-state index contributed by atoms with van der Waals surface area (Å²) in [6.07, 6.45) is 3.42. The number of hydrogen-bond donors (Lipinski definition) is 0. The fourth-order valence-electron chi connectivity index (χ4n) is 1.55. The van der Waals surface area contributed by atoms with Gasteiger partial charge in [-0.25, -0.2) is 0 Å². The Bertz CT molecular complexity index is 166. The number of unbranched alkanes of at least 4 members (excludes halogenated alkanes) is 1. The van der Waals surface area contributed by atoms with Crippen molar-refractivity contribution in [3.8, 4) is 0 Å². The van der Waals surface area contributed by atoms with E-state index in [2.05, 4.69) is 6.92 Å². The van der Waals surface area contributed by atoms with E-state index in [9.17, 15) is 0 Å². The maximum absolute atomic E-state index is 6.06. The third-order valence-corrected chi connectivity index (χ3v) is 3.03. The first-order valence-electron chi connectivity index (χ1n) is 5.65. The largest absolute Gasteiger partial charge is 0.382 e. The molecule has 3 nitrogen and oxygen atoms in total. The van der Waals surface area contributed by atoms with E-state index >= 15 is 0 Å². The van der Waals surface area contributed by atoms with Crippen LogP contribution in [-0.2, 0) is 14.2 Å². The highest BCUT2D eigenvalue weighted by Gasteiger charge is 2.41. The summed E-state index contributed by atoms with van der Waals surface area (Å²) in [4.78, 5) is 0. The van der Waals surface area contributed by atoms with Crippen molar-refractivity contribution in [3.05, 3.63) is 0 Å². The lowest BCUT2D eigenvalue weighted by atomic mass is 9.91. The lowest BCUT2D eigenvalue weighted by Crippen LogP contribution is -2.51. The smallest absolute Gasteiger partial charge is 0.100 e. The molecule has 0 amide bonds. The predicted molar refractivity (Wildman–Crippen MR) is 60.5 cm³/mol. The van der Waals surface area contributed by atoms with Crippen LogP contribution in [0.25, 0.3) is 0 Å². The van der Waals surface area contributed by atoms with Gasteiger partial charge in [0.05, 0.1) is 24.7 Å². The fourth-order valence-corrected chi connectivity index (χ4v) is 1.96. The molecule has 4 heteroatoms. The average molecular weight is 237 g/mol. The number of methoxy groups -OCH3 is 1. The van der Waals surface area contributed by atoms with Crippen molar-refractivity contribution >= 4 is 11.6 Å². The summed E-state index contributed by atoms with van der Waals surface area (Å²) in [5.74, 6) is 0. The molecule has 90 valence electrons. The Balaban J connectivity index is 2.10. The van der Waals surface area contributed by atoms with Crippen molar-refractivity contribution in [3.63, 3.8) is 0 Å². The molecular weight excluding hydrogens is 216 g/mol. The molecule has 0 N–H and O–H groups in total. The summed E-state index contributed by atoms with van der Waals surface area (Å²) < 4.78 is 16.2. The lowest BCUT2D eigenvalue weighted by Gasteiger charge is -2.40. The number of ether oxygens (including phenoxy) is 3. The van der Waals surface area contributed by atoms with Crippen LogP contribution in [0, 0.1) is 0 Å². The number of alkyl halides is 1. The molecular formula is C11H21ClO3. The summed E-state index contributed by atoms with van der Waals surface area (Å²) in [5, 5.41) is 0.105. The molecule has 0 saturated heterocycles. The van der Waals surface area contributed by atoms with Crippen LogP contribution >= 0.6 is 11.6 Å². The van der Waals surface area contributed by atoms with E-state index in [-0.39, 0.29) is 17.6 Å². The monoisotopic (exact) mass is 236 g/mol. The van der Waals surface area contributed by atoms with Crippen LogP contribution in [0.1, 0.15) is 26.2 Å². The third-order valence-electron chi connectivity index (χ3n) is 2.61. The zero-order valence-corrected chi connectivity index (χ0v) is 10.3. The maximum Gasteiger partial charge on any atom is 0.100 e. The van der Waals surface area contributed by atoms with Crippen LogP contribution in [0.4, 0.5) is 0 Å². The first-order chi connectivity index (χ1) is 7.29. The molecule has 1 fully saturated rings. The predicted octanol–water partition coefficient (Wildman–Crippen LogP) is 2.21. The Labute approximate surface area is 97.0 Å². The zero-order chi connectivity index (χ0) is 11.1. The number of halogens is 1. The topological polar surface area (TPSA) is 27.7 Å². The summed E-state index contributed by atoms with van der Waals surface area (Å²) >= 11 is 6.06. The van der Waals surface area contributed by atoms with Crippen molar-refractivity contribution in [1.82, 2.24) is 0 Å². The summed E-state index contributed by atoms with van der Waals surface area (Å²) in [5.41, 5.74) is 0. The molecule has 0 aromatic heterocycles. The highest BCUT2D eigenvalue weighted by molar-refractivity contribution is 6.21. The molecule has 3 unspecified atom stereocenters. The first kappa shape index (κ1) is 13.2. The summed E-state index contributed by atoms with van der Waals surface area (Å²) in [6, 6.07) is 0. The van der Waals surface area contributed by atoms with Gasteiger partial charge in [0.25, 0.3) is 0 Å². The molecule has 15 heavy (non-hydrogen) atoms. The van der Waals surface area contributed by atoms with Crippen molar-refractivity contribution in [2.24, 2.45) is 0 Å². The summed E-state index contributed by atoms with van der Waals surface area (Å²) in [6.45, 7) is 4.18. The second-order valence-corrected chi connectivity index (χ2v) is 4.40. The third kappa shape index (κ3) is 4.27. The van der Waals surface area contributed by atoms with Gasteiger partial charge in [0.15, 0.2) is 0 Å². The molecule has 1 saturated carbocycles. The second kappa shape index (κ2) is 7.44. The lowest BCUT2D eigenvalue weighted by molar-refractivity contribution is -0.130. The fraction of sp³-hybridized carbons (Fsp3) is 1.00. The SMILES string of the molecule is CCCCOC1CC(Cl)C1OCCOC. The van der Waals surface area contributed by atoms with Crippen LogP contribution in [0.3, 0.4) is 0 Å². The molecule has 1 aliphatic carbocycles. The quantitative estimate of drug-likeness (QED) is 0.478. The van der Waals surface area contributed by atoms with Gasteiger partial charge in [0, 0.05) is 13.7 Å². The van der Waals surface area contributed by atoms with Gasteiger partial charge in [-0.2, -0.15) is 0 Å². The highest BCUT2D eigenvalue weighted by atomic mass is 35.5. The highest BCUT2D eigenvalue weighted by Crippen LogP contribution is 2.31. The van der Waals surface area contributed by atoms with Crippen molar-refractivity contribution in [2.45, 2.75) is 43.8 Å². The molecule has 3 atom stereocenters. The Morgan fingerprint density at radius 2 is 2.00 bits per heavy atom. The summed E-state index contributed by atoms with van der Waals surface area (Å²) in [7, 11) is 1.66. The van der Waals surface area contributed by atoms with E-state index in [1.54, 1.807) is 7.11 Å². The molecule has 0 bridgehead atoms. The Morgan fingerprint density at radius 3 is 2.60 bits per heavy atom. The van der Waals surface area contributed by atoms with Gasteiger partial charge in [0.2, 0.25) is 0 Å². The van der Waals surface area contributed by atoms with E-state index in [4.69, 9.17) is 25.8 Å². The maximum atomic E-state index is 6.06. The normalized spacial score (nSPS) is 30.2. The molecule has 0 aromatic carbocycles. The minimum atomic E-state index is 0.0543. The van der Waals surface area contributed by atoms with Crippen LogP contribution in [-0.4, -0.2) is 44.5 Å². The van der Waals surface area contributed by atoms with Crippen LogP contribution in [0.15, 0.2) is 0 Å². The van der Waals surface area contributed by atoms with Crippen LogP contribution < -0.4 is 0 Å². The van der Waals surface area contributed by atoms with Crippen molar-refractivity contribution in [1.29, 1.82) is 0 Å². The Hall–Kier alpha value is 0.170. The van der Waals surface area contributed by atoms with E-state index in [1.807, 2.05) is 0 Å². The standard InChI is InChI=1S/C11H21ClO3/c1-3-4-5-14-10-8-9(12)11(10)15-7-6-13-2/h9-11H,3-8H2,1-2H3. The van der Waals surface area contributed by atoms with E-state index in [0.29, 0.717) is 13.2 Å². The average Bonchev–Trinajstić information content (AvgIpc) is 2.23. The molecule has 0 radical (unpaired) electrons. The molecule has 0 spiro atoms. The number of rotatable bonds is 8. The molecule has 0 aromatic rings. The van der Waals surface area contributed by atoms with Gasteiger partial charge in [0.1, 0.15) is 6.10 Å². The zero-order valence-electron chi connectivity index (χ0n) is 9.58. The Kier molecular flexibility index (Phi) is 6.57. The molecule has 1 aliphatic rings. The molecule has 0 heterocycles. The van der Waals surface area contributed by atoms with Crippen molar-refractivity contribution < 1.29 is 14.2 Å². The van der Waals surface area contributed by atoms with Gasteiger partial charge < -0.3 is 14.2 Å². The first-order valence-corrected chi connectivity index (χ1v) is 6.09. The minimum absolute atomic E-state index is 0.0543. The van der Waals surface area contributed by atoms with Crippen LogP contribution in [0.5, 0.6) is 0 Å².